The molecule has 2 aliphatic rings. The maximum atomic E-state index is 5.63. The molecule has 3 rings (SSSR count). The SMILES string of the molecule is ClCc1noc(C2C3CCCCC32)n1. The van der Waals surface area contributed by atoms with E-state index >= 15 is 0 Å². The van der Waals surface area contributed by atoms with E-state index in [2.05, 4.69) is 10.1 Å². The molecular weight excluding hydrogens is 200 g/mol. The van der Waals surface area contributed by atoms with Crippen LogP contribution in [0.1, 0.15) is 43.3 Å². The highest BCUT2D eigenvalue weighted by Gasteiger charge is 2.54. The van der Waals surface area contributed by atoms with E-state index in [1.807, 2.05) is 0 Å². The first-order chi connectivity index (χ1) is 6.90. The summed E-state index contributed by atoms with van der Waals surface area (Å²) in [7, 11) is 0. The third-order valence-corrected chi connectivity index (χ3v) is 3.78. The van der Waals surface area contributed by atoms with Gasteiger partial charge in [0, 0.05) is 5.92 Å². The number of fused-ring (bicyclic) bond motifs is 1. The topological polar surface area (TPSA) is 38.9 Å². The summed E-state index contributed by atoms with van der Waals surface area (Å²) < 4.78 is 5.23. The molecular formula is C10H13ClN2O. The third-order valence-electron chi connectivity index (χ3n) is 3.54. The smallest absolute Gasteiger partial charge is 0.230 e. The first kappa shape index (κ1) is 8.72. The van der Waals surface area contributed by atoms with E-state index in [1.165, 1.54) is 25.7 Å². The van der Waals surface area contributed by atoms with Crippen molar-refractivity contribution < 1.29 is 4.52 Å². The number of alkyl halides is 1. The Morgan fingerprint density at radius 3 is 2.57 bits per heavy atom. The molecule has 2 atom stereocenters. The first-order valence-electron chi connectivity index (χ1n) is 5.28. The molecule has 1 aromatic rings. The maximum absolute atomic E-state index is 5.63. The van der Waals surface area contributed by atoms with Crippen molar-refractivity contribution in [1.29, 1.82) is 0 Å². The minimum Gasteiger partial charge on any atom is -0.339 e. The summed E-state index contributed by atoms with van der Waals surface area (Å²) in [5, 5.41) is 3.84. The highest BCUT2D eigenvalue weighted by molar-refractivity contribution is 6.16. The van der Waals surface area contributed by atoms with Crippen molar-refractivity contribution in [2.24, 2.45) is 11.8 Å². The standard InChI is InChI=1S/C10H13ClN2O/c11-5-8-12-10(14-13-8)9-6-3-1-2-4-7(6)9/h6-7,9H,1-5H2. The zero-order valence-corrected chi connectivity index (χ0v) is 8.70. The lowest BCUT2D eigenvalue weighted by atomic mass is 10.0. The van der Waals surface area contributed by atoms with E-state index in [0.717, 1.165) is 17.7 Å². The quantitative estimate of drug-likeness (QED) is 0.708. The van der Waals surface area contributed by atoms with Crippen LogP contribution < -0.4 is 0 Å². The number of hydrogen-bond acceptors (Lipinski definition) is 3. The van der Waals surface area contributed by atoms with Gasteiger partial charge in [0.15, 0.2) is 5.82 Å². The van der Waals surface area contributed by atoms with Crippen LogP contribution in [-0.4, -0.2) is 10.1 Å². The summed E-state index contributed by atoms with van der Waals surface area (Å²) in [5.41, 5.74) is 0. The Morgan fingerprint density at radius 1 is 1.29 bits per heavy atom. The molecule has 0 aliphatic heterocycles. The summed E-state index contributed by atoms with van der Waals surface area (Å²) in [6.45, 7) is 0. The summed E-state index contributed by atoms with van der Waals surface area (Å²) in [4.78, 5) is 4.31. The van der Waals surface area contributed by atoms with Gasteiger partial charge >= 0.3 is 0 Å². The van der Waals surface area contributed by atoms with Crippen molar-refractivity contribution in [3.05, 3.63) is 11.7 Å². The van der Waals surface area contributed by atoms with Crippen molar-refractivity contribution >= 4 is 11.6 Å². The molecule has 14 heavy (non-hydrogen) atoms. The molecule has 2 aliphatic carbocycles. The molecule has 0 radical (unpaired) electrons. The van der Waals surface area contributed by atoms with Gasteiger partial charge in [-0.05, 0) is 24.7 Å². The van der Waals surface area contributed by atoms with Crippen LogP contribution in [0, 0.1) is 11.8 Å². The van der Waals surface area contributed by atoms with E-state index in [1.54, 1.807) is 0 Å². The van der Waals surface area contributed by atoms with E-state index in [0.29, 0.717) is 17.6 Å². The highest BCUT2D eigenvalue weighted by Crippen LogP contribution is 2.60. The van der Waals surface area contributed by atoms with E-state index < -0.39 is 0 Å². The lowest BCUT2D eigenvalue weighted by molar-refractivity contribution is 0.369. The second kappa shape index (κ2) is 3.23. The third kappa shape index (κ3) is 1.26. The van der Waals surface area contributed by atoms with Crippen LogP contribution in [0.2, 0.25) is 0 Å². The Balaban J connectivity index is 1.77. The van der Waals surface area contributed by atoms with Crippen LogP contribution in [0.5, 0.6) is 0 Å². The van der Waals surface area contributed by atoms with Crippen molar-refractivity contribution in [1.82, 2.24) is 10.1 Å². The molecule has 1 aromatic heterocycles. The van der Waals surface area contributed by atoms with Crippen LogP contribution in [0.15, 0.2) is 4.52 Å². The zero-order valence-electron chi connectivity index (χ0n) is 7.95. The van der Waals surface area contributed by atoms with Crippen molar-refractivity contribution in [2.75, 3.05) is 0 Å². The Hall–Kier alpha value is -0.570. The Bertz CT molecular complexity index is 327. The molecule has 0 amide bonds. The molecule has 0 spiro atoms. The fourth-order valence-electron chi connectivity index (χ4n) is 2.82. The number of hydrogen-bond donors (Lipinski definition) is 0. The van der Waals surface area contributed by atoms with Crippen LogP contribution in [0.3, 0.4) is 0 Å². The Labute approximate surface area is 87.8 Å². The monoisotopic (exact) mass is 212 g/mol. The molecule has 4 heteroatoms. The van der Waals surface area contributed by atoms with Gasteiger partial charge in [0.2, 0.25) is 5.89 Å². The molecule has 3 nitrogen and oxygen atoms in total. The molecule has 0 saturated heterocycles. The van der Waals surface area contributed by atoms with Gasteiger partial charge in [-0.25, -0.2) is 0 Å². The first-order valence-corrected chi connectivity index (χ1v) is 5.82. The normalized spacial score (nSPS) is 35.4. The van der Waals surface area contributed by atoms with Gasteiger partial charge in [0.1, 0.15) is 0 Å². The Morgan fingerprint density at radius 2 is 2.00 bits per heavy atom. The minimum atomic E-state index is 0.353. The molecule has 76 valence electrons. The number of rotatable bonds is 2. The van der Waals surface area contributed by atoms with Gasteiger partial charge in [-0.3, -0.25) is 0 Å². The fraction of sp³-hybridized carbons (Fsp3) is 0.800. The highest BCUT2D eigenvalue weighted by atomic mass is 35.5. The maximum Gasteiger partial charge on any atom is 0.230 e. The van der Waals surface area contributed by atoms with E-state index in [9.17, 15) is 0 Å². The number of halogens is 1. The average Bonchev–Trinajstić information content (AvgIpc) is 2.77. The van der Waals surface area contributed by atoms with Crippen LogP contribution >= 0.6 is 11.6 Å². The second-order valence-corrected chi connectivity index (χ2v) is 4.59. The van der Waals surface area contributed by atoms with Gasteiger partial charge in [-0.15, -0.1) is 11.6 Å². The van der Waals surface area contributed by atoms with Gasteiger partial charge in [0.05, 0.1) is 5.88 Å². The molecule has 2 fully saturated rings. The van der Waals surface area contributed by atoms with Gasteiger partial charge in [-0.1, -0.05) is 18.0 Å². The molecule has 0 N–H and O–H groups in total. The molecule has 1 heterocycles. The fourth-order valence-corrected chi connectivity index (χ4v) is 2.92. The lowest BCUT2D eigenvalue weighted by Gasteiger charge is -2.04. The molecule has 0 aromatic carbocycles. The summed E-state index contributed by atoms with van der Waals surface area (Å²) in [6.07, 6.45) is 5.42. The second-order valence-electron chi connectivity index (χ2n) is 4.32. The van der Waals surface area contributed by atoms with Gasteiger partial charge in [-0.2, -0.15) is 4.98 Å². The molecule has 2 unspecified atom stereocenters. The number of nitrogens with zero attached hydrogens (tertiary/aromatic N) is 2. The lowest BCUT2D eigenvalue weighted by Crippen LogP contribution is -1.91. The molecule has 0 bridgehead atoms. The van der Waals surface area contributed by atoms with Crippen molar-refractivity contribution in [2.45, 2.75) is 37.5 Å². The molecule has 2 saturated carbocycles. The summed E-state index contributed by atoms with van der Waals surface area (Å²) in [6, 6.07) is 0. The predicted molar refractivity (Wildman–Crippen MR) is 52.0 cm³/mol. The average molecular weight is 213 g/mol. The largest absolute Gasteiger partial charge is 0.339 e. The van der Waals surface area contributed by atoms with Gasteiger partial charge < -0.3 is 4.52 Å². The van der Waals surface area contributed by atoms with Crippen molar-refractivity contribution in [3.8, 4) is 0 Å². The van der Waals surface area contributed by atoms with Crippen LogP contribution in [0.25, 0.3) is 0 Å². The van der Waals surface area contributed by atoms with Crippen LogP contribution in [-0.2, 0) is 5.88 Å². The van der Waals surface area contributed by atoms with E-state index in [4.69, 9.17) is 16.1 Å². The van der Waals surface area contributed by atoms with Gasteiger partial charge in [0.25, 0.3) is 0 Å². The van der Waals surface area contributed by atoms with Crippen LogP contribution in [0.4, 0.5) is 0 Å². The zero-order chi connectivity index (χ0) is 9.54. The summed E-state index contributed by atoms with van der Waals surface area (Å²) >= 11 is 5.63. The van der Waals surface area contributed by atoms with E-state index in [-0.39, 0.29) is 0 Å². The summed E-state index contributed by atoms with van der Waals surface area (Å²) in [5.74, 6) is 4.02. The predicted octanol–water partition coefficient (Wildman–Crippen LogP) is 2.71. The Kier molecular flexibility index (Phi) is 2.01. The minimum absolute atomic E-state index is 0.353. The number of aromatic nitrogens is 2. The van der Waals surface area contributed by atoms with Crippen molar-refractivity contribution in [3.63, 3.8) is 0 Å².